The van der Waals surface area contributed by atoms with Crippen molar-refractivity contribution in [2.75, 3.05) is 19.7 Å². The number of amides is 2. The summed E-state index contributed by atoms with van der Waals surface area (Å²) < 4.78 is 5.54. The average Bonchev–Trinajstić information content (AvgIpc) is 3.18. The van der Waals surface area contributed by atoms with Gasteiger partial charge in [-0.15, -0.1) is 0 Å². The SMILES string of the molecule is NC(=O)c1cc([C@@H]2CCCN(C(=O)C[C@H]3CCCO3)C2)[nH]n1. The molecule has 1 aromatic heterocycles. The Morgan fingerprint density at radius 3 is 2.95 bits per heavy atom. The van der Waals surface area contributed by atoms with Gasteiger partial charge in [0.1, 0.15) is 5.69 Å². The molecule has 0 radical (unpaired) electrons. The van der Waals surface area contributed by atoms with Crippen molar-refractivity contribution in [1.29, 1.82) is 0 Å². The van der Waals surface area contributed by atoms with Crippen LogP contribution in [0.25, 0.3) is 0 Å². The molecule has 7 heteroatoms. The first kappa shape index (κ1) is 15.0. The number of piperidine rings is 1. The van der Waals surface area contributed by atoms with Crippen molar-refractivity contribution in [1.82, 2.24) is 15.1 Å². The monoisotopic (exact) mass is 306 g/mol. The first-order valence-electron chi connectivity index (χ1n) is 7.88. The Morgan fingerprint density at radius 2 is 2.27 bits per heavy atom. The number of carbonyl (C=O) groups is 2. The van der Waals surface area contributed by atoms with E-state index < -0.39 is 5.91 Å². The van der Waals surface area contributed by atoms with Gasteiger partial charge in [0.25, 0.3) is 5.91 Å². The third-order valence-electron chi connectivity index (χ3n) is 4.49. The molecule has 1 aromatic rings. The second-order valence-electron chi connectivity index (χ2n) is 6.09. The number of H-pyrrole nitrogens is 1. The topological polar surface area (TPSA) is 101 Å². The lowest BCUT2D eigenvalue weighted by molar-refractivity contribution is -0.134. The second-order valence-corrected chi connectivity index (χ2v) is 6.09. The minimum absolute atomic E-state index is 0.0847. The van der Waals surface area contributed by atoms with Crippen molar-refractivity contribution in [3.63, 3.8) is 0 Å². The van der Waals surface area contributed by atoms with Crippen LogP contribution in [-0.4, -0.2) is 52.7 Å². The zero-order valence-electron chi connectivity index (χ0n) is 12.6. The van der Waals surface area contributed by atoms with Crippen molar-refractivity contribution in [3.8, 4) is 0 Å². The third kappa shape index (κ3) is 3.30. The molecule has 0 aromatic carbocycles. The van der Waals surface area contributed by atoms with E-state index in [1.165, 1.54) is 0 Å². The van der Waals surface area contributed by atoms with Gasteiger partial charge in [-0.1, -0.05) is 0 Å². The summed E-state index contributed by atoms with van der Waals surface area (Å²) in [6.45, 7) is 2.22. The van der Waals surface area contributed by atoms with E-state index >= 15 is 0 Å². The van der Waals surface area contributed by atoms with Crippen LogP contribution in [0.2, 0.25) is 0 Å². The molecule has 22 heavy (non-hydrogen) atoms. The molecule has 2 fully saturated rings. The Bertz CT molecular complexity index is 551. The minimum Gasteiger partial charge on any atom is -0.378 e. The van der Waals surface area contributed by atoms with Crippen LogP contribution in [0.1, 0.15) is 54.2 Å². The lowest BCUT2D eigenvalue weighted by atomic mass is 9.94. The zero-order valence-corrected chi connectivity index (χ0v) is 12.6. The lowest BCUT2D eigenvalue weighted by Crippen LogP contribution is -2.40. The van der Waals surface area contributed by atoms with Gasteiger partial charge >= 0.3 is 0 Å². The first-order valence-corrected chi connectivity index (χ1v) is 7.88. The van der Waals surface area contributed by atoms with E-state index in [1.54, 1.807) is 6.07 Å². The molecule has 0 spiro atoms. The molecule has 0 bridgehead atoms. The van der Waals surface area contributed by atoms with Gasteiger partial charge in [0, 0.05) is 31.3 Å². The summed E-state index contributed by atoms with van der Waals surface area (Å²) in [5.41, 5.74) is 6.35. The number of hydrogen-bond donors (Lipinski definition) is 2. The fraction of sp³-hybridized carbons (Fsp3) is 0.667. The van der Waals surface area contributed by atoms with Gasteiger partial charge in [-0.2, -0.15) is 5.10 Å². The van der Waals surface area contributed by atoms with Crippen LogP contribution in [0.15, 0.2) is 6.07 Å². The van der Waals surface area contributed by atoms with E-state index in [0.29, 0.717) is 13.0 Å². The lowest BCUT2D eigenvalue weighted by Gasteiger charge is -2.32. The van der Waals surface area contributed by atoms with E-state index in [-0.39, 0.29) is 23.6 Å². The predicted molar refractivity (Wildman–Crippen MR) is 79.3 cm³/mol. The van der Waals surface area contributed by atoms with Gasteiger partial charge in [0.15, 0.2) is 0 Å². The van der Waals surface area contributed by atoms with Crippen molar-refractivity contribution in [2.24, 2.45) is 5.73 Å². The summed E-state index contributed by atoms with van der Waals surface area (Å²) in [4.78, 5) is 25.4. The largest absolute Gasteiger partial charge is 0.378 e. The number of nitrogens with zero attached hydrogens (tertiary/aromatic N) is 2. The first-order chi connectivity index (χ1) is 10.6. The highest BCUT2D eigenvalue weighted by Crippen LogP contribution is 2.27. The van der Waals surface area contributed by atoms with Crippen LogP contribution in [0.5, 0.6) is 0 Å². The molecule has 0 unspecified atom stereocenters. The van der Waals surface area contributed by atoms with Crippen LogP contribution in [-0.2, 0) is 9.53 Å². The third-order valence-corrected chi connectivity index (χ3v) is 4.49. The molecular formula is C15H22N4O3. The molecule has 7 nitrogen and oxygen atoms in total. The smallest absolute Gasteiger partial charge is 0.269 e. The molecule has 120 valence electrons. The predicted octanol–water partition coefficient (Wildman–Crippen LogP) is 0.784. The Kier molecular flexibility index (Phi) is 4.42. The van der Waals surface area contributed by atoms with Crippen LogP contribution in [0.4, 0.5) is 0 Å². The summed E-state index contributed by atoms with van der Waals surface area (Å²) in [5, 5.41) is 6.80. The van der Waals surface area contributed by atoms with Crippen molar-refractivity contribution in [2.45, 2.75) is 44.1 Å². The molecule has 2 amide bonds. The Morgan fingerprint density at radius 1 is 1.41 bits per heavy atom. The van der Waals surface area contributed by atoms with Crippen LogP contribution < -0.4 is 5.73 Å². The maximum Gasteiger partial charge on any atom is 0.269 e. The van der Waals surface area contributed by atoms with Crippen LogP contribution >= 0.6 is 0 Å². The number of nitrogens with one attached hydrogen (secondary N) is 1. The van der Waals surface area contributed by atoms with E-state index in [0.717, 1.165) is 44.5 Å². The molecule has 2 aliphatic rings. The van der Waals surface area contributed by atoms with Crippen molar-refractivity contribution in [3.05, 3.63) is 17.5 Å². The van der Waals surface area contributed by atoms with Crippen molar-refractivity contribution < 1.29 is 14.3 Å². The molecule has 0 saturated carbocycles. The summed E-state index contributed by atoms with van der Waals surface area (Å²) in [6.07, 6.45) is 4.51. The van der Waals surface area contributed by atoms with Gasteiger partial charge in [-0.3, -0.25) is 14.7 Å². The summed E-state index contributed by atoms with van der Waals surface area (Å²) in [5.74, 6) is -0.196. The Balaban J connectivity index is 1.60. The average molecular weight is 306 g/mol. The van der Waals surface area contributed by atoms with E-state index in [2.05, 4.69) is 10.2 Å². The molecule has 3 rings (SSSR count). The molecule has 2 saturated heterocycles. The maximum atomic E-state index is 12.4. The van der Waals surface area contributed by atoms with Gasteiger partial charge in [0.05, 0.1) is 12.5 Å². The number of primary amides is 1. The van der Waals surface area contributed by atoms with Gasteiger partial charge in [-0.25, -0.2) is 0 Å². The number of ether oxygens (including phenoxy) is 1. The number of rotatable bonds is 4. The van der Waals surface area contributed by atoms with Gasteiger partial charge in [0.2, 0.25) is 5.91 Å². The van der Waals surface area contributed by atoms with E-state index in [4.69, 9.17) is 10.5 Å². The Hall–Kier alpha value is -1.89. The molecule has 2 atom stereocenters. The summed E-state index contributed by atoms with van der Waals surface area (Å²) in [7, 11) is 0. The molecule has 0 aliphatic carbocycles. The maximum absolute atomic E-state index is 12.4. The summed E-state index contributed by atoms with van der Waals surface area (Å²) in [6, 6.07) is 1.70. The fourth-order valence-corrected chi connectivity index (χ4v) is 3.26. The highest BCUT2D eigenvalue weighted by atomic mass is 16.5. The fourth-order valence-electron chi connectivity index (χ4n) is 3.26. The molecule has 3 heterocycles. The highest BCUT2D eigenvalue weighted by Gasteiger charge is 2.28. The molecule has 3 N–H and O–H groups in total. The normalized spacial score (nSPS) is 25.4. The van der Waals surface area contributed by atoms with Gasteiger partial charge in [-0.05, 0) is 31.7 Å². The van der Waals surface area contributed by atoms with Crippen LogP contribution in [0, 0.1) is 0 Å². The second kappa shape index (κ2) is 6.48. The van der Waals surface area contributed by atoms with Crippen molar-refractivity contribution >= 4 is 11.8 Å². The number of aromatic nitrogens is 2. The number of hydrogen-bond acceptors (Lipinski definition) is 4. The van der Waals surface area contributed by atoms with E-state index in [9.17, 15) is 9.59 Å². The number of carbonyl (C=O) groups excluding carboxylic acids is 2. The highest BCUT2D eigenvalue weighted by molar-refractivity contribution is 5.90. The molecule has 2 aliphatic heterocycles. The van der Waals surface area contributed by atoms with Gasteiger partial charge < -0.3 is 15.4 Å². The number of likely N-dealkylation sites (tertiary alicyclic amines) is 1. The summed E-state index contributed by atoms with van der Waals surface area (Å²) >= 11 is 0. The quantitative estimate of drug-likeness (QED) is 0.858. The molecular weight excluding hydrogens is 284 g/mol. The van der Waals surface area contributed by atoms with E-state index in [1.807, 2.05) is 4.90 Å². The number of nitrogens with two attached hydrogens (primary N) is 1. The number of aromatic amines is 1. The van der Waals surface area contributed by atoms with Crippen LogP contribution in [0.3, 0.4) is 0 Å². The Labute approximate surface area is 129 Å². The zero-order chi connectivity index (χ0) is 15.5. The minimum atomic E-state index is -0.537. The standard InChI is InChI=1S/C15H22N4O3/c16-15(21)13-8-12(17-18-13)10-3-1-5-19(9-10)14(20)7-11-4-2-6-22-11/h8,10-11H,1-7,9H2,(H2,16,21)(H,17,18)/t10-,11-/m1/s1.